The second kappa shape index (κ2) is 4.72. The minimum absolute atomic E-state index is 0.711. The van der Waals surface area contributed by atoms with Crippen molar-refractivity contribution in [3.05, 3.63) is 32.9 Å². The Kier molecular flexibility index (Phi) is 3.23. The van der Waals surface area contributed by atoms with Crippen LogP contribution in [0.1, 0.15) is 20.1 Å². The summed E-state index contributed by atoms with van der Waals surface area (Å²) in [5.41, 5.74) is -1.99. The standard InChI is InChI=1S/C12H14F2N2O5/c1-12(2)20-7-6(3-13)19-10(8(7)21-12)16-4-5(14)9(17)15-11(16)18/h4,6-8,10H,3H2,1-2H3,(H,15,17,18)/t6-,7-,8-,10-/m1/s1. The first-order chi connectivity index (χ1) is 9.82. The van der Waals surface area contributed by atoms with Crippen molar-refractivity contribution in [2.75, 3.05) is 6.67 Å². The fraction of sp³-hybridized carbons (Fsp3) is 0.667. The van der Waals surface area contributed by atoms with E-state index in [0.717, 1.165) is 10.8 Å². The quantitative estimate of drug-likeness (QED) is 0.835. The van der Waals surface area contributed by atoms with Gasteiger partial charge in [0, 0.05) is 0 Å². The van der Waals surface area contributed by atoms with Crippen LogP contribution in [0, 0.1) is 5.82 Å². The zero-order valence-electron chi connectivity index (χ0n) is 11.3. The van der Waals surface area contributed by atoms with E-state index >= 15 is 0 Å². The summed E-state index contributed by atoms with van der Waals surface area (Å²) in [5, 5.41) is 0. The molecule has 3 rings (SSSR count). The molecule has 0 spiro atoms. The summed E-state index contributed by atoms with van der Waals surface area (Å²) in [4.78, 5) is 24.7. The summed E-state index contributed by atoms with van der Waals surface area (Å²) in [6.07, 6.45) is -2.77. The van der Waals surface area contributed by atoms with Gasteiger partial charge in [0.1, 0.15) is 25.0 Å². The largest absolute Gasteiger partial charge is 0.346 e. The van der Waals surface area contributed by atoms with Crippen molar-refractivity contribution in [3.8, 4) is 0 Å². The lowest BCUT2D eigenvalue weighted by Crippen LogP contribution is -2.38. The lowest BCUT2D eigenvalue weighted by atomic mass is 10.1. The molecule has 0 aliphatic carbocycles. The minimum atomic E-state index is -1.14. The second-order valence-corrected chi connectivity index (χ2v) is 5.43. The third-order valence-electron chi connectivity index (χ3n) is 3.48. The fourth-order valence-corrected chi connectivity index (χ4v) is 2.66. The summed E-state index contributed by atoms with van der Waals surface area (Å²) < 4.78 is 43.8. The van der Waals surface area contributed by atoms with Gasteiger partial charge in [-0.1, -0.05) is 0 Å². The highest BCUT2D eigenvalue weighted by Crippen LogP contribution is 2.42. The predicted molar refractivity (Wildman–Crippen MR) is 65.0 cm³/mol. The van der Waals surface area contributed by atoms with Gasteiger partial charge < -0.3 is 14.2 Å². The van der Waals surface area contributed by atoms with E-state index in [1.54, 1.807) is 13.8 Å². The van der Waals surface area contributed by atoms with Gasteiger partial charge in [-0.25, -0.2) is 9.18 Å². The van der Waals surface area contributed by atoms with Crippen LogP contribution < -0.4 is 11.2 Å². The second-order valence-electron chi connectivity index (χ2n) is 5.43. The molecular weight excluding hydrogens is 290 g/mol. The van der Waals surface area contributed by atoms with Crippen molar-refractivity contribution in [2.24, 2.45) is 0 Å². The van der Waals surface area contributed by atoms with Crippen molar-refractivity contribution in [3.63, 3.8) is 0 Å². The minimum Gasteiger partial charge on any atom is -0.346 e. The molecule has 9 heteroatoms. The first kappa shape index (κ1) is 14.4. The van der Waals surface area contributed by atoms with E-state index in [2.05, 4.69) is 0 Å². The van der Waals surface area contributed by atoms with Crippen LogP contribution in [0.3, 0.4) is 0 Å². The lowest BCUT2D eigenvalue weighted by Gasteiger charge is -2.24. The molecule has 1 aromatic rings. The van der Waals surface area contributed by atoms with Gasteiger partial charge in [-0.05, 0) is 13.8 Å². The molecule has 2 saturated heterocycles. The zero-order valence-corrected chi connectivity index (χ0v) is 11.3. The van der Waals surface area contributed by atoms with Crippen LogP contribution in [0.5, 0.6) is 0 Å². The number of nitrogens with zero attached hydrogens (tertiary/aromatic N) is 1. The summed E-state index contributed by atoms with van der Waals surface area (Å²) in [7, 11) is 0. The fourth-order valence-electron chi connectivity index (χ4n) is 2.66. The van der Waals surface area contributed by atoms with E-state index in [9.17, 15) is 18.4 Å². The number of alkyl halides is 1. The van der Waals surface area contributed by atoms with Crippen LogP contribution in [0.25, 0.3) is 0 Å². The molecule has 2 aliphatic rings. The van der Waals surface area contributed by atoms with E-state index < -0.39 is 54.1 Å². The molecule has 0 unspecified atom stereocenters. The van der Waals surface area contributed by atoms with E-state index in [1.165, 1.54) is 0 Å². The summed E-state index contributed by atoms with van der Waals surface area (Å²) in [6, 6.07) is 0. The third-order valence-corrected chi connectivity index (χ3v) is 3.48. The van der Waals surface area contributed by atoms with Crippen molar-refractivity contribution in [1.82, 2.24) is 9.55 Å². The topological polar surface area (TPSA) is 82.6 Å². The van der Waals surface area contributed by atoms with Crippen molar-refractivity contribution in [1.29, 1.82) is 0 Å². The number of nitrogens with one attached hydrogen (secondary N) is 1. The average molecular weight is 304 g/mol. The van der Waals surface area contributed by atoms with Crippen molar-refractivity contribution < 1.29 is 23.0 Å². The Hall–Kier alpha value is -1.58. The molecular formula is C12H14F2N2O5. The number of fused-ring (bicyclic) bond motifs is 1. The summed E-state index contributed by atoms with van der Waals surface area (Å²) >= 11 is 0. The van der Waals surface area contributed by atoms with Gasteiger partial charge >= 0.3 is 5.69 Å². The zero-order chi connectivity index (χ0) is 15.4. The number of halogens is 2. The van der Waals surface area contributed by atoms with Crippen LogP contribution in [-0.2, 0) is 14.2 Å². The van der Waals surface area contributed by atoms with E-state index in [0.29, 0.717) is 0 Å². The number of aromatic amines is 1. The number of H-pyrrole nitrogens is 1. The SMILES string of the molecule is CC1(C)O[C@@H]2[C@H](O1)[C@@H](CF)O[C@H]2n1cc(F)c(=O)[nH]c1=O. The van der Waals surface area contributed by atoms with Gasteiger partial charge in [0.25, 0.3) is 5.56 Å². The number of rotatable bonds is 2. The van der Waals surface area contributed by atoms with Crippen LogP contribution in [0.2, 0.25) is 0 Å². The molecule has 0 amide bonds. The molecule has 0 aromatic carbocycles. The van der Waals surface area contributed by atoms with Crippen LogP contribution in [0.15, 0.2) is 15.8 Å². The number of hydrogen-bond donors (Lipinski definition) is 1. The Morgan fingerprint density at radius 2 is 2.00 bits per heavy atom. The first-order valence-electron chi connectivity index (χ1n) is 6.40. The molecule has 0 bridgehead atoms. The molecule has 0 saturated carbocycles. The van der Waals surface area contributed by atoms with Gasteiger partial charge in [0.15, 0.2) is 12.0 Å². The van der Waals surface area contributed by atoms with Gasteiger partial charge in [0.2, 0.25) is 5.82 Å². The Bertz CT molecular complexity index is 670. The molecule has 4 atom stereocenters. The molecule has 7 nitrogen and oxygen atoms in total. The summed E-state index contributed by atoms with van der Waals surface area (Å²) in [5.74, 6) is -2.11. The summed E-state index contributed by atoms with van der Waals surface area (Å²) in [6.45, 7) is 2.46. The third kappa shape index (κ3) is 2.30. The van der Waals surface area contributed by atoms with Crippen molar-refractivity contribution >= 4 is 0 Å². The predicted octanol–water partition coefficient (Wildman–Crippen LogP) is 0.0627. The molecule has 1 aromatic heterocycles. The maximum absolute atomic E-state index is 13.4. The van der Waals surface area contributed by atoms with E-state index in [1.807, 2.05) is 4.98 Å². The highest BCUT2D eigenvalue weighted by molar-refractivity contribution is 4.99. The van der Waals surface area contributed by atoms with E-state index in [-0.39, 0.29) is 0 Å². The Morgan fingerprint density at radius 1 is 1.33 bits per heavy atom. The molecule has 21 heavy (non-hydrogen) atoms. The van der Waals surface area contributed by atoms with Crippen LogP contribution in [-0.4, -0.2) is 40.3 Å². The Morgan fingerprint density at radius 3 is 2.67 bits per heavy atom. The average Bonchev–Trinajstić information content (AvgIpc) is 2.87. The molecule has 2 aliphatic heterocycles. The maximum atomic E-state index is 13.4. The highest BCUT2D eigenvalue weighted by Gasteiger charge is 2.56. The number of ether oxygens (including phenoxy) is 3. The molecule has 0 radical (unpaired) electrons. The maximum Gasteiger partial charge on any atom is 0.330 e. The molecule has 3 heterocycles. The lowest BCUT2D eigenvalue weighted by molar-refractivity contribution is -0.198. The van der Waals surface area contributed by atoms with Crippen LogP contribution in [0.4, 0.5) is 8.78 Å². The molecule has 116 valence electrons. The van der Waals surface area contributed by atoms with Gasteiger partial charge in [0.05, 0.1) is 6.20 Å². The first-order valence-corrected chi connectivity index (χ1v) is 6.40. The van der Waals surface area contributed by atoms with Crippen molar-refractivity contribution in [2.45, 2.75) is 44.2 Å². The van der Waals surface area contributed by atoms with E-state index in [4.69, 9.17) is 14.2 Å². The van der Waals surface area contributed by atoms with Gasteiger partial charge in [-0.15, -0.1) is 0 Å². The molecule has 1 N–H and O–H groups in total. The number of aromatic nitrogens is 2. The normalized spacial score (nSPS) is 34.1. The van der Waals surface area contributed by atoms with Crippen LogP contribution >= 0.6 is 0 Å². The highest BCUT2D eigenvalue weighted by atomic mass is 19.1. The van der Waals surface area contributed by atoms with Gasteiger partial charge in [-0.3, -0.25) is 14.3 Å². The smallest absolute Gasteiger partial charge is 0.330 e. The Balaban J connectivity index is 2.01. The number of hydrogen-bond acceptors (Lipinski definition) is 5. The Labute approximate surface area is 117 Å². The molecule has 2 fully saturated rings. The monoisotopic (exact) mass is 304 g/mol. The van der Waals surface area contributed by atoms with Gasteiger partial charge in [-0.2, -0.15) is 4.39 Å².